The highest BCUT2D eigenvalue weighted by atomic mass is 32.1. The van der Waals surface area contributed by atoms with E-state index in [1.54, 1.807) is 30.5 Å². The highest BCUT2D eigenvalue weighted by molar-refractivity contribution is 7.21. The van der Waals surface area contributed by atoms with Crippen LogP contribution in [0.3, 0.4) is 0 Å². The molecule has 0 aliphatic rings. The number of rotatable bonds is 7. The van der Waals surface area contributed by atoms with Gasteiger partial charge >= 0.3 is 0 Å². The van der Waals surface area contributed by atoms with Crippen LogP contribution in [0.25, 0.3) is 32.6 Å². The quantitative estimate of drug-likeness (QED) is 0.0886. The van der Waals surface area contributed by atoms with E-state index in [-0.39, 0.29) is 11.5 Å². The third-order valence-corrected chi connectivity index (χ3v) is 7.45. The summed E-state index contributed by atoms with van der Waals surface area (Å²) in [5.74, 6) is -0.167. The predicted molar refractivity (Wildman–Crippen MR) is 159 cm³/mol. The number of benzene rings is 4. The molecule has 0 atom stereocenters. The number of hydrogen-bond donors (Lipinski definition) is 0. The van der Waals surface area contributed by atoms with Gasteiger partial charge in [0.15, 0.2) is 0 Å². The first-order valence-electron chi connectivity index (χ1n) is 12.4. The third kappa shape index (κ3) is 4.79. The maximum Gasteiger partial charge on any atom is 0.269 e. The van der Waals surface area contributed by atoms with Crippen molar-refractivity contribution in [3.8, 4) is 22.4 Å². The fourth-order valence-electron chi connectivity index (χ4n) is 4.47. The van der Waals surface area contributed by atoms with E-state index in [0.29, 0.717) is 32.2 Å². The maximum absolute atomic E-state index is 13.8. The number of aliphatic imine (C=N–C) groups is 1. The third-order valence-electron chi connectivity index (χ3n) is 6.39. The number of carbonyl (C=O) groups excluding carboxylic acids is 1. The first-order chi connectivity index (χ1) is 19.6. The molecule has 0 saturated carbocycles. The van der Waals surface area contributed by atoms with E-state index in [0.717, 1.165) is 22.1 Å². The van der Waals surface area contributed by atoms with E-state index in [9.17, 15) is 14.9 Å². The van der Waals surface area contributed by atoms with Gasteiger partial charge in [-0.1, -0.05) is 91.0 Å². The van der Waals surface area contributed by atoms with Crippen LogP contribution >= 0.6 is 11.3 Å². The van der Waals surface area contributed by atoms with Crippen LogP contribution in [0.2, 0.25) is 0 Å². The van der Waals surface area contributed by atoms with Crippen molar-refractivity contribution >= 4 is 44.9 Å². The van der Waals surface area contributed by atoms with E-state index >= 15 is 0 Å². The van der Waals surface area contributed by atoms with Gasteiger partial charge in [0.2, 0.25) is 5.78 Å². The zero-order valence-corrected chi connectivity index (χ0v) is 21.8. The first kappa shape index (κ1) is 25.0. The molecule has 0 bridgehead atoms. The lowest BCUT2D eigenvalue weighted by atomic mass is 9.96. The van der Waals surface area contributed by atoms with Crippen molar-refractivity contribution in [2.75, 3.05) is 0 Å². The summed E-state index contributed by atoms with van der Waals surface area (Å²) < 4.78 is 0. The normalized spacial score (nSPS) is 11.2. The Morgan fingerprint density at radius 2 is 1.38 bits per heavy atom. The number of fused-ring (bicyclic) bond motifs is 1. The fraction of sp³-hybridized carbons (Fsp3) is 0. The molecule has 40 heavy (non-hydrogen) atoms. The van der Waals surface area contributed by atoms with Gasteiger partial charge in [0.1, 0.15) is 15.4 Å². The van der Waals surface area contributed by atoms with Crippen LogP contribution in [0.4, 0.5) is 11.4 Å². The van der Waals surface area contributed by atoms with Crippen LogP contribution in [0.15, 0.2) is 120 Å². The Kier molecular flexibility index (Phi) is 6.74. The highest BCUT2D eigenvalue weighted by Gasteiger charge is 2.25. The van der Waals surface area contributed by atoms with Crippen LogP contribution in [0.5, 0.6) is 0 Å². The molecule has 4 aromatic carbocycles. The lowest BCUT2D eigenvalue weighted by Crippen LogP contribution is -1.98. The molecule has 0 aliphatic heterocycles. The summed E-state index contributed by atoms with van der Waals surface area (Å²) in [5, 5.41) is 21.0. The molecule has 8 heteroatoms. The monoisotopic (exact) mass is 540 g/mol. The van der Waals surface area contributed by atoms with Crippen LogP contribution in [0, 0.1) is 10.1 Å². The molecule has 2 heterocycles. The molecule has 0 spiro atoms. The Morgan fingerprint density at radius 3 is 2.00 bits per heavy atom. The number of nitro groups is 1. The summed E-state index contributed by atoms with van der Waals surface area (Å²) in [6.45, 7) is 0. The van der Waals surface area contributed by atoms with Crippen LogP contribution in [-0.2, 0) is 0 Å². The average molecular weight is 541 g/mol. The van der Waals surface area contributed by atoms with E-state index in [1.165, 1.54) is 23.5 Å². The molecule has 7 nitrogen and oxygen atoms in total. The van der Waals surface area contributed by atoms with Gasteiger partial charge in [-0.05, 0) is 23.3 Å². The second-order valence-electron chi connectivity index (χ2n) is 8.92. The topological polar surface area (TPSA) is 98.3 Å². The van der Waals surface area contributed by atoms with Gasteiger partial charge in [-0.15, -0.1) is 21.5 Å². The molecule has 0 aliphatic carbocycles. The molecule has 2 aromatic heterocycles. The Bertz CT molecular complexity index is 1870. The first-order valence-corrected chi connectivity index (χ1v) is 13.2. The molecule has 0 unspecified atom stereocenters. The highest BCUT2D eigenvalue weighted by Crippen LogP contribution is 2.46. The van der Waals surface area contributed by atoms with E-state index in [4.69, 9.17) is 4.99 Å². The minimum Gasteiger partial charge on any atom is -0.288 e. The van der Waals surface area contributed by atoms with Gasteiger partial charge in [0.05, 0.1) is 10.6 Å². The van der Waals surface area contributed by atoms with Crippen molar-refractivity contribution in [3.05, 3.63) is 141 Å². The fourth-order valence-corrected chi connectivity index (χ4v) is 5.51. The molecule has 0 amide bonds. The molecular formula is C32H20N4O3S. The number of ketones is 1. The summed E-state index contributed by atoms with van der Waals surface area (Å²) >= 11 is 1.25. The van der Waals surface area contributed by atoms with Gasteiger partial charge in [-0.25, -0.2) is 0 Å². The molecule has 0 radical (unpaired) electrons. The molecular weight excluding hydrogens is 520 g/mol. The number of aromatic nitrogens is 2. The van der Waals surface area contributed by atoms with E-state index in [2.05, 4.69) is 10.2 Å². The van der Waals surface area contributed by atoms with Crippen LogP contribution in [-0.4, -0.2) is 27.1 Å². The van der Waals surface area contributed by atoms with Crippen LogP contribution in [0.1, 0.15) is 20.8 Å². The number of carbonyl (C=O) groups is 1. The van der Waals surface area contributed by atoms with E-state index in [1.807, 2.05) is 78.9 Å². The predicted octanol–water partition coefficient (Wildman–Crippen LogP) is 7.92. The van der Waals surface area contributed by atoms with Gasteiger partial charge in [-0.2, -0.15) is 0 Å². The molecule has 6 rings (SSSR count). The molecule has 0 N–H and O–H groups in total. The Balaban J connectivity index is 1.63. The summed E-state index contributed by atoms with van der Waals surface area (Å²) in [4.78, 5) is 30.3. The second kappa shape index (κ2) is 10.8. The lowest BCUT2D eigenvalue weighted by Gasteiger charge is -2.11. The van der Waals surface area contributed by atoms with Crippen molar-refractivity contribution in [1.29, 1.82) is 0 Å². The number of non-ortho nitro benzene ring substituents is 1. The minimum atomic E-state index is -0.445. The summed E-state index contributed by atoms with van der Waals surface area (Å²) in [6, 6.07) is 34.8. The van der Waals surface area contributed by atoms with Crippen LogP contribution < -0.4 is 0 Å². The van der Waals surface area contributed by atoms with Gasteiger partial charge in [0.25, 0.3) is 5.69 Å². The minimum absolute atomic E-state index is 0.00720. The zero-order valence-electron chi connectivity index (χ0n) is 21.0. The Morgan fingerprint density at radius 1 is 0.775 bits per heavy atom. The Hall–Kier alpha value is -5.34. The Labute approximate surface area is 233 Å². The van der Waals surface area contributed by atoms with Gasteiger partial charge in [0, 0.05) is 40.4 Å². The number of hydrogen-bond acceptors (Lipinski definition) is 7. The lowest BCUT2D eigenvalue weighted by molar-refractivity contribution is -0.384. The van der Waals surface area contributed by atoms with Crippen molar-refractivity contribution in [1.82, 2.24) is 10.2 Å². The standard InChI is InChI=1S/C32H20N4O3S/c37-30(24-14-8-3-9-15-24)31-29(33-20-21-16-18-25(19-17-21)36(38)39)27-26(22-10-4-1-5-11-22)28(34-35-32(27)40-31)23-12-6-2-7-13-23/h1-20H. The summed E-state index contributed by atoms with van der Waals surface area (Å²) in [6.07, 6.45) is 1.62. The number of thiophene rings is 1. The molecule has 0 saturated heterocycles. The van der Waals surface area contributed by atoms with Crippen molar-refractivity contribution in [2.45, 2.75) is 0 Å². The van der Waals surface area contributed by atoms with Crippen molar-refractivity contribution in [3.63, 3.8) is 0 Å². The van der Waals surface area contributed by atoms with Crippen molar-refractivity contribution in [2.24, 2.45) is 4.99 Å². The average Bonchev–Trinajstić information content (AvgIpc) is 3.39. The molecule has 192 valence electrons. The van der Waals surface area contributed by atoms with Crippen molar-refractivity contribution < 1.29 is 9.72 Å². The number of nitrogens with zero attached hydrogens (tertiary/aromatic N) is 4. The SMILES string of the molecule is O=C(c1ccccc1)c1sc2nnc(-c3ccccc3)c(-c3ccccc3)c2c1N=Cc1ccc([N+](=O)[O-])cc1. The molecule has 0 fully saturated rings. The number of nitro benzene ring substituents is 1. The maximum atomic E-state index is 13.8. The zero-order chi connectivity index (χ0) is 27.5. The smallest absolute Gasteiger partial charge is 0.269 e. The summed E-state index contributed by atoms with van der Waals surface area (Å²) in [7, 11) is 0. The second-order valence-corrected chi connectivity index (χ2v) is 9.92. The largest absolute Gasteiger partial charge is 0.288 e. The molecule has 6 aromatic rings. The summed E-state index contributed by atoms with van der Waals surface area (Å²) in [5.41, 5.74) is 5.00. The van der Waals surface area contributed by atoms with Gasteiger partial charge < -0.3 is 0 Å². The van der Waals surface area contributed by atoms with Gasteiger partial charge in [-0.3, -0.25) is 19.9 Å². The van der Waals surface area contributed by atoms with E-state index < -0.39 is 4.92 Å².